The Bertz CT molecular complexity index is 795. The average molecular weight is 391 g/mol. The number of hydrogen-bond acceptors (Lipinski definition) is 4. The molecule has 0 aliphatic heterocycles. The molecule has 27 heavy (non-hydrogen) atoms. The van der Waals surface area contributed by atoms with Gasteiger partial charge in [0.05, 0.1) is 13.2 Å². The van der Waals surface area contributed by atoms with E-state index in [-0.39, 0.29) is 0 Å². The zero-order chi connectivity index (χ0) is 19.6. The molecule has 0 radical (unpaired) electrons. The SMILES string of the molecule is CCOc1ccc(CCNC(=O)C(=O)Nc2cccc(Cl)c2)cc1OCC. The molecule has 2 amide bonds. The maximum Gasteiger partial charge on any atom is 0.313 e. The van der Waals surface area contributed by atoms with Gasteiger partial charge in [-0.3, -0.25) is 9.59 Å². The second-order valence-corrected chi connectivity index (χ2v) is 6.05. The summed E-state index contributed by atoms with van der Waals surface area (Å²) in [4.78, 5) is 23.8. The number of nitrogens with one attached hydrogen (secondary N) is 2. The molecule has 0 aliphatic rings. The summed E-state index contributed by atoms with van der Waals surface area (Å²) in [5.74, 6) is -0.0835. The van der Waals surface area contributed by atoms with E-state index in [1.165, 1.54) is 0 Å². The van der Waals surface area contributed by atoms with Crippen LogP contribution in [0.5, 0.6) is 11.5 Å². The van der Waals surface area contributed by atoms with Gasteiger partial charge in [0.25, 0.3) is 0 Å². The van der Waals surface area contributed by atoms with Crippen LogP contribution in [0.25, 0.3) is 0 Å². The van der Waals surface area contributed by atoms with Gasteiger partial charge in [-0.25, -0.2) is 0 Å². The maximum absolute atomic E-state index is 11.9. The highest BCUT2D eigenvalue weighted by molar-refractivity contribution is 6.39. The molecule has 2 aromatic carbocycles. The van der Waals surface area contributed by atoms with Crippen LogP contribution in [-0.4, -0.2) is 31.6 Å². The molecule has 0 spiro atoms. The van der Waals surface area contributed by atoms with Gasteiger partial charge in [0.2, 0.25) is 0 Å². The summed E-state index contributed by atoms with van der Waals surface area (Å²) in [7, 11) is 0. The predicted octanol–water partition coefficient (Wildman–Crippen LogP) is 3.43. The summed E-state index contributed by atoms with van der Waals surface area (Å²) < 4.78 is 11.1. The Hall–Kier alpha value is -2.73. The lowest BCUT2D eigenvalue weighted by Crippen LogP contribution is -2.36. The van der Waals surface area contributed by atoms with E-state index in [9.17, 15) is 9.59 Å². The highest BCUT2D eigenvalue weighted by Crippen LogP contribution is 2.28. The quantitative estimate of drug-likeness (QED) is 0.677. The van der Waals surface area contributed by atoms with E-state index < -0.39 is 11.8 Å². The van der Waals surface area contributed by atoms with Crippen LogP contribution in [0.2, 0.25) is 5.02 Å². The molecule has 0 saturated heterocycles. The van der Waals surface area contributed by atoms with E-state index >= 15 is 0 Å². The molecule has 2 N–H and O–H groups in total. The molecule has 0 bridgehead atoms. The maximum atomic E-state index is 11.9. The predicted molar refractivity (Wildman–Crippen MR) is 106 cm³/mol. The molecule has 2 rings (SSSR count). The van der Waals surface area contributed by atoms with Gasteiger partial charge in [-0.05, 0) is 56.2 Å². The van der Waals surface area contributed by atoms with E-state index in [1.54, 1.807) is 24.3 Å². The van der Waals surface area contributed by atoms with Crippen molar-refractivity contribution in [2.45, 2.75) is 20.3 Å². The van der Waals surface area contributed by atoms with Crippen LogP contribution in [0, 0.1) is 0 Å². The number of benzene rings is 2. The first-order chi connectivity index (χ1) is 13.0. The molecule has 144 valence electrons. The van der Waals surface area contributed by atoms with Gasteiger partial charge in [0.15, 0.2) is 11.5 Å². The first-order valence-corrected chi connectivity index (χ1v) is 9.14. The van der Waals surface area contributed by atoms with E-state index in [2.05, 4.69) is 10.6 Å². The molecule has 0 aromatic heterocycles. The first kappa shape index (κ1) is 20.6. The van der Waals surface area contributed by atoms with E-state index in [4.69, 9.17) is 21.1 Å². The van der Waals surface area contributed by atoms with Crippen molar-refractivity contribution < 1.29 is 19.1 Å². The third-order valence-electron chi connectivity index (χ3n) is 3.60. The van der Waals surface area contributed by atoms with Crippen molar-refractivity contribution in [3.63, 3.8) is 0 Å². The summed E-state index contributed by atoms with van der Waals surface area (Å²) in [5, 5.41) is 5.59. The fourth-order valence-corrected chi connectivity index (χ4v) is 2.60. The molecule has 0 unspecified atom stereocenters. The first-order valence-electron chi connectivity index (χ1n) is 8.76. The van der Waals surface area contributed by atoms with Crippen LogP contribution in [0.4, 0.5) is 5.69 Å². The van der Waals surface area contributed by atoms with Crippen molar-refractivity contribution >= 4 is 29.1 Å². The lowest BCUT2D eigenvalue weighted by Gasteiger charge is -2.12. The van der Waals surface area contributed by atoms with Crippen molar-refractivity contribution in [1.29, 1.82) is 0 Å². The van der Waals surface area contributed by atoms with Crippen LogP contribution in [0.1, 0.15) is 19.4 Å². The van der Waals surface area contributed by atoms with Crippen molar-refractivity contribution in [1.82, 2.24) is 5.32 Å². The van der Waals surface area contributed by atoms with Gasteiger partial charge in [0, 0.05) is 17.3 Å². The highest BCUT2D eigenvalue weighted by atomic mass is 35.5. The fourth-order valence-electron chi connectivity index (χ4n) is 2.41. The number of amides is 2. The topological polar surface area (TPSA) is 76.7 Å². The summed E-state index contributed by atoms with van der Waals surface area (Å²) in [6, 6.07) is 12.2. The minimum atomic E-state index is -0.737. The summed E-state index contributed by atoms with van der Waals surface area (Å²) in [5.41, 5.74) is 1.44. The Kier molecular flexibility index (Phi) is 7.95. The monoisotopic (exact) mass is 390 g/mol. The average Bonchev–Trinajstić information content (AvgIpc) is 2.64. The van der Waals surface area contributed by atoms with Crippen LogP contribution in [0.3, 0.4) is 0 Å². The van der Waals surface area contributed by atoms with Crippen molar-refractivity contribution in [2.75, 3.05) is 25.1 Å². The number of rotatable bonds is 8. The van der Waals surface area contributed by atoms with E-state index in [1.807, 2.05) is 32.0 Å². The zero-order valence-corrected chi connectivity index (χ0v) is 16.1. The Morgan fingerprint density at radius 1 is 0.963 bits per heavy atom. The third kappa shape index (κ3) is 6.49. The molecular weight excluding hydrogens is 368 g/mol. The molecule has 0 saturated carbocycles. The van der Waals surface area contributed by atoms with Gasteiger partial charge in [-0.15, -0.1) is 0 Å². The smallest absolute Gasteiger partial charge is 0.313 e. The lowest BCUT2D eigenvalue weighted by atomic mass is 10.1. The van der Waals surface area contributed by atoms with Crippen molar-refractivity contribution in [3.8, 4) is 11.5 Å². The standard InChI is InChI=1S/C20H23ClN2O4/c1-3-26-17-9-8-14(12-18(17)27-4-2)10-11-22-19(24)20(25)23-16-7-5-6-15(21)13-16/h5-9,12-13H,3-4,10-11H2,1-2H3,(H,22,24)(H,23,25). The zero-order valence-electron chi connectivity index (χ0n) is 15.4. The van der Waals surface area contributed by atoms with Crippen LogP contribution < -0.4 is 20.1 Å². The van der Waals surface area contributed by atoms with Gasteiger partial charge >= 0.3 is 11.8 Å². The second-order valence-electron chi connectivity index (χ2n) is 5.62. The molecule has 0 aliphatic carbocycles. The minimum Gasteiger partial charge on any atom is -0.490 e. The van der Waals surface area contributed by atoms with Gasteiger partial charge in [-0.1, -0.05) is 23.7 Å². The third-order valence-corrected chi connectivity index (χ3v) is 3.83. The Morgan fingerprint density at radius 3 is 2.41 bits per heavy atom. The molecule has 0 fully saturated rings. The van der Waals surface area contributed by atoms with Gasteiger partial charge in [0.1, 0.15) is 0 Å². The normalized spacial score (nSPS) is 10.2. The van der Waals surface area contributed by atoms with Crippen molar-refractivity contribution in [3.05, 3.63) is 53.1 Å². The summed E-state index contributed by atoms with van der Waals surface area (Å²) in [6.45, 7) is 5.22. The Morgan fingerprint density at radius 2 is 1.70 bits per heavy atom. The van der Waals surface area contributed by atoms with Crippen LogP contribution >= 0.6 is 11.6 Å². The molecule has 2 aromatic rings. The summed E-state index contributed by atoms with van der Waals surface area (Å²) in [6.07, 6.45) is 0.558. The largest absolute Gasteiger partial charge is 0.490 e. The number of hydrogen-bond donors (Lipinski definition) is 2. The minimum absolute atomic E-state index is 0.321. The molecule has 0 atom stereocenters. The van der Waals surface area contributed by atoms with E-state index in [0.717, 1.165) is 5.56 Å². The number of ether oxygens (including phenoxy) is 2. The number of halogens is 1. The van der Waals surface area contributed by atoms with Gasteiger partial charge in [-0.2, -0.15) is 0 Å². The molecule has 6 nitrogen and oxygen atoms in total. The second kappa shape index (κ2) is 10.4. The summed E-state index contributed by atoms with van der Waals surface area (Å²) >= 11 is 5.85. The number of carbonyl (C=O) groups is 2. The molecule has 0 heterocycles. The fraction of sp³-hybridized carbons (Fsp3) is 0.300. The Balaban J connectivity index is 1.86. The highest BCUT2D eigenvalue weighted by Gasteiger charge is 2.13. The van der Waals surface area contributed by atoms with Gasteiger partial charge < -0.3 is 20.1 Å². The lowest BCUT2D eigenvalue weighted by molar-refractivity contribution is -0.136. The Labute approximate surface area is 163 Å². The van der Waals surface area contributed by atoms with Crippen molar-refractivity contribution in [2.24, 2.45) is 0 Å². The van der Waals surface area contributed by atoms with Crippen LogP contribution in [-0.2, 0) is 16.0 Å². The molecular formula is C20H23ClN2O4. The number of anilines is 1. The molecule has 7 heteroatoms. The van der Waals surface area contributed by atoms with E-state index in [0.29, 0.717) is 48.4 Å². The van der Waals surface area contributed by atoms with Crippen LogP contribution in [0.15, 0.2) is 42.5 Å². The number of carbonyl (C=O) groups excluding carboxylic acids is 2.